The number of aliphatic carboxylic acids is 2. The van der Waals surface area contributed by atoms with Crippen molar-refractivity contribution >= 4 is 11.9 Å². The van der Waals surface area contributed by atoms with Crippen molar-refractivity contribution in [3.63, 3.8) is 0 Å². The highest BCUT2D eigenvalue weighted by Crippen LogP contribution is 1.66. The molecule has 0 heterocycles. The summed E-state index contributed by atoms with van der Waals surface area (Å²) in [6.07, 6.45) is 0. The topological polar surface area (TPSA) is 141 Å². The molecule has 0 spiro atoms. The number of rotatable bonds is 2. The monoisotopic (exact) mass is 181 g/mol. The van der Waals surface area contributed by atoms with Crippen LogP contribution >= 0.6 is 0 Å². The lowest BCUT2D eigenvalue weighted by molar-refractivity contribution is -0.159. The van der Waals surface area contributed by atoms with Crippen molar-refractivity contribution in [3.05, 3.63) is 0 Å². The van der Waals surface area contributed by atoms with Crippen LogP contribution in [-0.4, -0.2) is 51.6 Å². The zero-order valence-electron chi connectivity index (χ0n) is 6.17. The van der Waals surface area contributed by atoms with Crippen LogP contribution in [-0.2, 0) is 9.59 Å². The number of aliphatic hydroxyl groups excluding tert-OH is 2. The second-order valence-electron chi connectivity index (χ2n) is 1.74. The molecule has 0 saturated carbocycles. The van der Waals surface area contributed by atoms with Gasteiger partial charge in [0.15, 0.2) is 0 Å². The maximum Gasteiger partial charge on any atom is 0.414 e. The molecular weight excluding hydrogens is 170 g/mol. The predicted molar refractivity (Wildman–Crippen MR) is 37.4 cm³/mol. The number of hydrogen-bond donors (Lipinski definition) is 5. The first kappa shape index (κ1) is 13.4. The van der Waals surface area contributed by atoms with Crippen LogP contribution in [0.2, 0.25) is 0 Å². The fourth-order valence-electron chi connectivity index (χ4n) is 0.0577. The van der Waals surface area contributed by atoms with Gasteiger partial charge in [-0.25, -0.2) is 9.59 Å². The van der Waals surface area contributed by atoms with Gasteiger partial charge in [-0.1, -0.05) is 0 Å². The summed E-state index contributed by atoms with van der Waals surface area (Å²) in [5.74, 6) is -3.65. The van der Waals surface area contributed by atoms with E-state index in [1.54, 1.807) is 0 Å². The molecule has 7 nitrogen and oxygen atoms in total. The summed E-state index contributed by atoms with van der Waals surface area (Å²) in [6.45, 7) is -0.285. The molecule has 0 saturated heterocycles. The van der Waals surface area contributed by atoms with E-state index in [1.807, 2.05) is 0 Å². The van der Waals surface area contributed by atoms with E-state index in [0.29, 0.717) is 0 Å². The second kappa shape index (κ2) is 7.92. The highest BCUT2D eigenvalue weighted by atomic mass is 16.4. The van der Waals surface area contributed by atoms with Crippen molar-refractivity contribution in [2.75, 3.05) is 13.2 Å². The average molecular weight is 181 g/mol. The SMILES string of the molecule is NC(CO)CO.O=C(O)C(=O)O. The van der Waals surface area contributed by atoms with E-state index in [-0.39, 0.29) is 13.2 Å². The van der Waals surface area contributed by atoms with E-state index >= 15 is 0 Å². The molecule has 0 rings (SSSR count). The zero-order valence-corrected chi connectivity index (χ0v) is 6.17. The molecule has 0 fully saturated rings. The normalized spacial score (nSPS) is 8.67. The molecule has 0 aromatic carbocycles. The molecule has 0 bridgehead atoms. The van der Waals surface area contributed by atoms with Crippen molar-refractivity contribution in [3.8, 4) is 0 Å². The number of carbonyl (C=O) groups is 2. The predicted octanol–water partition coefficient (Wildman–Crippen LogP) is -2.55. The average Bonchev–Trinajstić information content (AvgIpc) is 2.04. The minimum Gasteiger partial charge on any atom is -0.473 e. The van der Waals surface area contributed by atoms with Gasteiger partial charge in [-0.3, -0.25) is 0 Å². The maximum atomic E-state index is 9.10. The molecule has 6 N–H and O–H groups in total. The van der Waals surface area contributed by atoms with Crippen LogP contribution < -0.4 is 5.73 Å². The number of carboxylic acid groups (broad SMARTS) is 2. The summed E-state index contributed by atoms with van der Waals surface area (Å²) in [5, 5.41) is 30.9. The fraction of sp³-hybridized carbons (Fsp3) is 0.600. The van der Waals surface area contributed by atoms with Crippen LogP contribution in [0.5, 0.6) is 0 Å². The van der Waals surface area contributed by atoms with Gasteiger partial charge in [-0.2, -0.15) is 0 Å². The molecule has 0 radical (unpaired) electrons. The summed E-state index contributed by atoms with van der Waals surface area (Å²) in [6, 6.07) is -0.454. The lowest BCUT2D eigenvalue weighted by Gasteiger charge is -1.98. The molecule has 12 heavy (non-hydrogen) atoms. The van der Waals surface area contributed by atoms with Crippen LogP contribution in [0.3, 0.4) is 0 Å². The Hall–Kier alpha value is -1.18. The molecule has 7 heteroatoms. The Balaban J connectivity index is 0. The fourth-order valence-corrected chi connectivity index (χ4v) is 0.0577. The Bertz CT molecular complexity index is 131. The summed E-state index contributed by atoms with van der Waals surface area (Å²) in [5.41, 5.74) is 4.97. The summed E-state index contributed by atoms with van der Waals surface area (Å²) < 4.78 is 0. The van der Waals surface area contributed by atoms with E-state index in [1.165, 1.54) is 0 Å². The smallest absolute Gasteiger partial charge is 0.414 e. The maximum absolute atomic E-state index is 9.10. The first-order valence-corrected chi connectivity index (χ1v) is 2.89. The van der Waals surface area contributed by atoms with E-state index in [0.717, 1.165) is 0 Å². The van der Waals surface area contributed by atoms with Crippen LogP contribution in [0.25, 0.3) is 0 Å². The Morgan fingerprint density at radius 2 is 1.33 bits per heavy atom. The number of aliphatic hydroxyl groups is 2. The standard InChI is InChI=1S/C3H9NO2.C2H2O4/c4-3(1-5)2-6;3-1(4)2(5)6/h3,5-6H,1-2,4H2;(H,3,4)(H,5,6). The molecule has 0 aliphatic heterocycles. The molecule has 0 aliphatic carbocycles. The number of hydrogen-bond acceptors (Lipinski definition) is 5. The summed E-state index contributed by atoms with van der Waals surface area (Å²) in [4.78, 5) is 18.2. The first-order valence-electron chi connectivity index (χ1n) is 2.89. The van der Waals surface area contributed by atoms with Gasteiger partial charge in [0, 0.05) is 0 Å². The van der Waals surface area contributed by atoms with Gasteiger partial charge in [-0.05, 0) is 0 Å². The van der Waals surface area contributed by atoms with E-state index < -0.39 is 18.0 Å². The van der Waals surface area contributed by atoms with Gasteiger partial charge in [0.05, 0.1) is 19.3 Å². The second-order valence-corrected chi connectivity index (χ2v) is 1.74. The van der Waals surface area contributed by atoms with E-state index in [9.17, 15) is 0 Å². The quantitative estimate of drug-likeness (QED) is 0.295. The Labute approximate surface area is 68.0 Å². The number of carboxylic acids is 2. The van der Waals surface area contributed by atoms with Gasteiger partial charge in [0.1, 0.15) is 0 Å². The Kier molecular flexibility index (Phi) is 8.85. The van der Waals surface area contributed by atoms with Crippen LogP contribution in [0, 0.1) is 0 Å². The minimum absolute atomic E-state index is 0.142. The summed E-state index contributed by atoms with van der Waals surface area (Å²) >= 11 is 0. The van der Waals surface area contributed by atoms with E-state index in [4.69, 9.17) is 35.7 Å². The van der Waals surface area contributed by atoms with E-state index in [2.05, 4.69) is 0 Å². The highest BCUT2D eigenvalue weighted by Gasteiger charge is 2.04. The number of nitrogens with two attached hydrogens (primary N) is 1. The Morgan fingerprint density at radius 3 is 1.33 bits per heavy atom. The van der Waals surface area contributed by atoms with Gasteiger partial charge in [0.25, 0.3) is 0 Å². The molecule has 0 amide bonds. The third-order valence-corrected chi connectivity index (χ3v) is 0.652. The molecule has 0 aromatic heterocycles. The van der Waals surface area contributed by atoms with Crippen molar-refractivity contribution in [1.29, 1.82) is 0 Å². The minimum atomic E-state index is -1.82. The van der Waals surface area contributed by atoms with Gasteiger partial charge < -0.3 is 26.2 Å². The highest BCUT2D eigenvalue weighted by molar-refractivity contribution is 6.27. The van der Waals surface area contributed by atoms with Crippen molar-refractivity contribution < 1.29 is 30.0 Å². The third-order valence-electron chi connectivity index (χ3n) is 0.652. The summed E-state index contributed by atoms with van der Waals surface area (Å²) in [7, 11) is 0. The van der Waals surface area contributed by atoms with Crippen LogP contribution in [0.1, 0.15) is 0 Å². The largest absolute Gasteiger partial charge is 0.473 e. The lowest BCUT2D eigenvalue weighted by atomic mass is 10.4. The third kappa shape index (κ3) is 11.6. The van der Waals surface area contributed by atoms with Crippen molar-refractivity contribution in [2.45, 2.75) is 6.04 Å². The molecule has 72 valence electrons. The van der Waals surface area contributed by atoms with Crippen LogP contribution in [0.4, 0.5) is 0 Å². The Morgan fingerprint density at radius 1 is 1.08 bits per heavy atom. The van der Waals surface area contributed by atoms with Gasteiger partial charge in [-0.15, -0.1) is 0 Å². The molecule has 0 aliphatic rings. The molecule has 0 atom stereocenters. The lowest BCUT2D eigenvalue weighted by Crippen LogP contribution is -2.27. The zero-order chi connectivity index (χ0) is 10.1. The van der Waals surface area contributed by atoms with Gasteiger partial charge >= 0.3 is 11.9 Å². The van der Waals surface area contributed by atoms with Crippen LogP contribution in [0.15, 0.2) is 0 Å². The van der Waals surface area contributed by atoms with Crippen molar-refractivity contribution in [2.24, 2.45) is 5.73 Å². The molecule has 0 unspecified atom stereocenters. The molecular formula is C5H11NO6. The molecule has 0 aromatic rings. The van der Waals surface area contributed by atoms with Crippen molar-refractivity contribution in [1.82, 2.24) is 0 Å². The first-order chi connectivity index (χ1) is 5.45. The van der Waals surface area contributed by atoms with Gasteiger partial charge in [0.2, 0.25) is 0 Å².